The minimum absolute atomic E-state index is 0.145. The van der Waals surface area contributed by atoms with Gasteiger partial charge in [0.2, 0.25) is 0 Å². The first-order valence-electron chi connectivity index (χ1n) is 4.43. The van der Waals surface area contributed by atoms with Gasteiger partial charge in [0.15, 0.2) is 4.17 Å². The number of alkyl halides is 2. The Balaban J connectivity index is 2.58. The van der Waals surface area contributed by atoms with Gasteiger partial charge in [-0.25, -0.2) is 0 Å². The van der Waals surface area contributed by atoms with Gasteiger partial charge in [-0.05, 0) is 12.1 Å². The minimum Gasteiger partial charge on any atom is -0.464 e. The maximum absolute atomic E-state index is 13.6. The summed E-state index contributed by atoms with van der Waals surface area (Å²) >= 11 is 12.1. The number of aromatic nitrogens is 1. The number of rotatable bonds is 3. The van der Waals surface area contributed by atoms with Crippen LogP contribution in [-0.2, 0) is 0 Å². The summed E-state index contributed by atoms with van der Waals surface area (Å²) in [5, 5.41) is 9.09. The van der Waals surface area contributed by atoms with Crippen LogP contribution < -0.4 is 0 Å². The third-order valence-electron chi connectivity index (χ3n) is 2.01. The average molecular weight is 291 g/mol. The molecule has 0 aliphatic carbocycles. The number of furan rings is 1. The standard InChI is InChI=1S/C10H5Cl2FN2OS/c11-10(12)17-9-8(7-2-1-3-16-7)6(4-14)5-15(9)13/h1-3,5,10H. The molecule has 0 spiro atoms. The minimum atomic E-state index is -0.834. The summed E-state index contributed by atoms with van der Waals surface area (Å²) in [6.45, 7) is 0. The summed E-state index contributed by atoms with van der Waals surface area (Å²) in [5.74, 6) is 0.398. The summed E-state index contributed by atoms with van der Waals surface area (Å²) in [7, 11) is 0. The molecule has 0 saturated carbocycles. The Morgan fingerprint density at radius 1 is 1.53 bits per heavy atom. The molecule has 0 radical (unpaired) electrons. The molecule has 88 valence electrons. The Labute approximate surface area is 111 Å². The van der Waals surface area contributed by atoms with Gasteiger partial charge in [0.05, 0.1) is 23.6 Å². The molecule has 0 aromatic carbocycles. The van der Waals surface area contributed by atoms with Gasteiger partial charge in [-0.15, -0.1) is 0 Å². The Hall–Kier alpha value is -1.09. The van der Waals surface area contributed by atoms with Crippen molar-refractivity contribution in [2.75, 3.05) is 0 Å². The molecule has 0 atom stereocenters. The molecule has 0 bridgehead atoms. The summed E-state index contributed by atoms with van der Waals surface area (Å²) in [4.78, 5) is 0.318. The van der Waals surface area contributed by atoms with Gasteiger partial charge in [0, 0.05) is 0 Å². The van der Waals surface area contributed by atoms with Crippen molar-refractivity contribution in [2.45, 2.75) is 9.19 Å². The first kappa shape index (κ1) is 12.4. The second-order valence-electron chi connectivity index (χ2n) is 3.00. The molecule has 0 N–H and O–H groups in total. The normalized spacial score (nSPS) is 10.8. The van der Waals surface area contributed by atoms with E-state index in [0.717, 1.165) is 18.0 Å². The number of hydrogen-bond donors (Lipinski definition) is 0. The Morgan fingerprint density at radius 3 is 2.82 bits per heavy atom. The van der Waals surface area contributed by atoms with Crippen molar-refractivity contribution in [2.24, 2.45) is 0 Å². The molecule has 0 saturated heterocycles. The Kier molecular flexibility index (Phi) is 3.67. The SMILES string of the molecule is N#Cc1cn(F)c(SC(Cl)Cl)c1-c1ccco1. The van der Waals surface area contributed by atoms with Gasteiger partial charge >= 0.3 is 0 Å². The highest BCUT2D eigenvalue weighted by atomic mass is 35.5. The van der Waals surface area contributed by atoms with Crippen molar-refractivity contribution in [1.29, 1.82) is 5.26 Å². The van der Waals surface area contributed by atoms with Crippen LogP contribution in [0.15, 0.2) is 34.0 Å². The Morgan fingerprint density at radius 2 is 2.29 bits per heavy atom. The highest BCUT2D eigenvalue weighted by Crippen LogP contribution is 2.39. The molecular formula is C10H5Cl2FN2OS. The number of thioether (sulfide) groups is 1. The second kappa shape index (κ2) is 5.05. The lowest BCUT2D eigenvalue weighted by Gasteiger charge is -2.03. The molecule has 2 rings (SSSR count). The first-order chi connectivity index (χ1) is 8.13. The predicted octanol–water partition coefficient (Wildman–Crippen LogP) is 4.21. The predicted molar refractivity (Wildman–Crippen MR) is 64.7 cm³/mol. The third-order valence-corrected chi connectivity index (χ3v) is 3.32. The van der Waals surface area contributed by atoms with Crippen LogP contribution in [0, 0.1) is 11.3 Å². The number of nitrogens with zero attached hydrogens (tertiary/aromatic N) is 2. The molecule has 0 fully saturated rings. The average Bonchev–Trinajstić information content (AvgIpc) is 2.87. The Bertz CT molecular complexity index is 560. The molecule has 0 aliphatic heterocycles. The monoisotopic (exact) mass is 290 g/mol. The van der Waals surface area contributed by atoms with E-state index >= 15 is 0 Å². The summed E-state index contributed by atoms with van der Waals surface area (Å²) < 4.78 is 17.9. The van der Waals surface area contributed by atoms with E-state index in [1.54, 1.807) is 12.1 Å². The lowest BCUT2D eigenvalue weighted by atomic mass is 10.2. The fourth-order valence-corrected chi connectivity index (χ4v) is 2.55. The third kappa shape index (κ3) is 2.44. The van der Waals surface area contributed by atoms with Crippen LogP contribution >= 0.6 is 35.0 Å². The van der Waals surface area contributed by atoms with E-state index in [9.17, 15) is 4.48 Å². The molecule has 0 aliphatic rings. The summed E-state index contributed by atoms with van der Waals surface area (Å²) in [6.07, 6.45) is 2.51. The van der Waals surface area contributed by atoms with Crippen molar-refractivity contribution in [1.82, 2.24) is 4.79 Å². The fourth-order valence-electron chi connectivity index (χ4n) is 1.40. The van der Waals surface area contributed by atoms with Crippen LogP contribution in [0.3, 0.4) is 0 Å². The van der Waals surface area contributed by atoms with Crippen molar-refractivity contribution < 1.29 is 8.90 Å². The van der Waals surface area contributed by atoms with E-state index in [2.05, 4.69) is 0 Å². The van der Waals surface area contributed by atoms with Gasteiger partial charge in [-0.2, -0.15) is 10.1 Å². The zero-order valence-electron chi connectivity index (χ0n) is 8.23. The number of halogens is 3. The molecular weight excluding hydrogens is 286 g/mol. The maximum atomic E-state index is 13.6. The number of hydrogen-bond acceptors (Lipinski definition) is 3. The van der Waals surface area contributed by atoms with Gasteiger partial charge in [0.25, 0.3) is 0 Å². The van der Waals surface area contributed by atoms with Crippen LogP contribution in [-0.4, -0.2) is 8.96 Å². The van der Waals surface area contributed by atoms with Gasteiger partial charge in [-0.1, -0.05) is 39.4 Å². The highest BCUT2D eigenvalue weighted by molar-refractivity contribution is 8.02. The van der Waals surface area contributed by atoms with E-state index in [0.29, 0.717) is 16.1 Å². The van der Waals surface area contributed by atoms with E-state index in [4.69, 9.17) is 32.9 Å². The molecule has 2 aromatic heterocycles. The zero-order chi connectivity index (χ0) is 12.4. The van der Waals surface area contributed by atoms with Gasteiger partial charge in [-0.3, -0.25) is 0 Å². The van der Waals surface area contributed by atoms with Crippen molar-refractivity contribution in [3.8, 4) is 17.4 Å². The topological polar surface area (TPSA) is 41.9 Å². The van der Waals surface area contributed by atoms with Crippen molar-refractivity contribution >= 4 is 35.0 Å². The first-order valence-corrected chi connectivity index (χ1v) is 6.19. The second-order valence-corrected chi connectivity index (χ2v) is 5.71. The lowest BCUT2D eigenvalue weighted by molar-refractivity contribution is 0.338. The maximum Gasteiger partial charge on any atom is 0.158 e. The van der Waals surface area contributed by atoms with E-state index < -0.39 is 4.17 Å². The molecule has 3 nitrogen and oxygen atoms in total. The molecule has 17 heavy (non-hydrogen) atoms. The molecule has 2 heterocycles. The van der Waals surface area contributed by atoms with Crippen LogP contribution in [0.5, 0.6) is 0 Å². The lowest BCUT2D eigenvalue weighted by Crippen LogP contribution is -1.87. The van der Waals surface area contributed by atoms with Crippen LogP contribution in [0.1, 0.15) is 5.56 Å². The van der Waals surface area contributed by atoms with Gasteiger partial charge in [0.1, 0.15) is 16.9 Å². The summed E-state index contributed by atoms with van der Waals surface area (Å²) in [6, 6.07) is 5.19. The summed E-state index contributed by atoms with van der Waals surface area (Å²) in [5.41, 5.74) is 0.523. The highest BCUT2D eigenvalue weighted by Gasteiger charge is 2.22. The van der Waals surface area contributed by atoms with Crippen molar-refractivity contribution in [3.63, 3.8) is 0 Å². The molecule has 7 heteroatoms. The van der Waals surface area contributed by atoms with Crippen LogP contribution in [0.4, 0.5) is 4.48 Å². The quantitative estimate of drug-likeness (QED) is 0.628. The van der Waals surface area contributed by atoms with Crippen molar-refractivity contribution in [3.05, 3.63) is 30.2 Å². The largest absolute Gasteiger partial charge is 0.464 e. The fraction of sp³-hybridized carbons (Fsp3) is 0.100. The van der Waals surface area contributed by atoms with E-state index in [-0.39, 0.29) is 10.6 Å². The van der Waals surface area contributed by atoms with E-state index in [1.807, 2.05) is 6.07 Å². The van der Waals surface area contributed by atoms with Crippen LogP contribution in [0.2, 0.25) is 0 Å². The smallest absolute Gasteiger partial charge is 0.158 e. The van der Waals surface area contributed by atoms with E-state index in [1.165, 1.54) is 6.26 Å². The molecule has 0 unspecified atom stereocenters. The zero-order valence-corrected chi connectivity index (χ0v) is 10.6. The van der Waals surface area contributed by atoms with Crippen LogP contribution in [0.25, 0.3) is 11.3 Å². The van der Waals surface area contributed by atoms with Gasteiger partial charge < -0.3 is 4.42 Å². The number of nitriles is 1. The molecule has 2 aromatic rings. The molecule has 0 amide bonds.